The highest BCUT2D eigenvalue weighted by Gasteiger charge is 2.17. The molecular weight excluding hydrogens is 464 g/mol. The zero-order chi connectivity index (χ0) is 26.5. The van der Waals surface area contributed by atoms with Gasteiger partial charge in [0.05, 0.1) is 12.0 Å². The van der Waals surface area contributed by atoms with Crippen molar-refractivity contribution < 1.29 is 12.6 Å². The van der Waals surface area contributed by atoms with Gasteiger partial charge in [0.2, 0.25) is 0 Å². The van der Waals surface area contributed by atoms with Gasteiger partial charge in [-0.1, -0.05) is 129 Å². The summed E-state index contributed by atoms with van der Waals surface area (Å²) in [6.45, 7) is 6.71. The molecule has 36 heavy (non-hydrogen) atoms. The standard InChI is InChI=1S/C32H58O3S/c1-5-7-9-11-13-15-17-19-21-23-25-30-27-32(36(33,34)35-4)28-31(29(30)3)26-24-22-20-18-16-14-12-10-8-6-2/h27-28H,5-26H2,1-4H3. The van der Waals surface area contributed by atoms with Crippen molar-refractivity contribution in [2.45, 2.75) is 167 Å². The second-order valence-electron chi connectivity index (χ2n) is 10.9. The fourth-order valence-corrected chi connectivity index (χ4v) is 5.94. The smallest absolute Gasteiger partial charge is 0.270 e. The van der Waals surface area contributed by atoms with E-state index in [0.717, 1.165) is 25.7 Å². The first-order chi connectivity index (χ1) is 17.5. The molecule has 0 saturated heterocycles. The molecule has 0 aromatic heterocycles. The Morgan fingerprint density at radius 3 is 1.17 bits per heavy atom. The first-order valence-corrected chi connectivity index (χ1v) is 16.8. The Labute approximate surface area is 225 Å². The third-order valence-corrected chi connectivity index (χ3v) is 8.96. The molecule has 0 aliphatic heterocycles. The van der Waals surface area contributed by atoms with Crippen LogP contribution in [0.4, 0.5) is 0 Å². The monoisotopic (exact) mass is 522 g/mol. The van der Waals surface area contributed by atoms with Gasteiger partial charge in [-0.25, -0.2) is 0 Å². The van der Waals surface area contributed by atoms with Gasteiger partial charge in [-0.2, -0.15) is 8.42 Å². The normalized spacial score (nSPS) is 11.9. The minimum Gasteiger partial charge on any atom is -0.270 e. The summed E-state index contributed by atoms with van der Waals surface area (Å²) in [5, 5.41) is 0. The summed E-state index contributed by atoms with van der Waals surface area (Å²) in [6.07, 6.45) is 28.2. The van der Waals surface area contributed by atoms with Crippen LogP contribution in [0.3, 0.4) is 0 Å². The molecule has 0 bridgehead atoms. The Bertz CT molecular complexity index is 725. The van der Waals surface area contributed by atoms with E-state index in [1.807, 2.05) is 12.1 Å². The minimum absolute atomic E-state index is 0.333. The number of benzene rings is 1. The fourth-order valence-electron chi connectivity index (χ4n) is 5.17. The van der Waals surface area contributed by atoms with Crippen molar-refractivity contribution in [1.29, 1.82) is 0 Å². The maximum absolute atomic E-state index is 12.5. The Kier molecular flexibility index (Phi) is 19.4. The molecule has 0 spiro atoms. The lowest BCUT2D eigenvalue weighted by Gasteiger charge is -2.15. The van der Waals surface area contributed by atoms with Crippen LogP contribution >= 0.6 is 0 Å². The molecule has 0 saturated carbocycles. The number of aryl methyl sites for hydroxylation is 2. The summed E-state index contributed by atoms with van der Waals surface area (Å²) in [6, 6.07) is 3.73. The molecule has 1 rings (SSSR count). The summed E-state index contributed by atoms with van der Waals surface area (Å²) in [5.74, 6) is 0. The summed E-state index contributed by atoms with van der Waals surface area (Å²) in [4.78, 5) is 0.333. The van der Waals surface area contributed by atoms with Gasteiger partial charge in [0.25, 0.3) is 10.1 Å². The molecule has 0 radical (unpaired) electrons. The molecule has 1 aromatic carbocycles. The molecule has 0 unspecified atom stereocenters. The van der Waals surface area contributed by atoms with E-state index < -0.39 is 10.1 Å². The highest BCUT2D eigenvalue weighted by Crippen LogP contribution is 2.25. The molecule has 1 aromatic rings. The molecule has 3 nitrogen and oxygen atoms in total. The summed E-state index contributed by atoms with van der Waals surface area (Å²) in [5.41, 5.74) is 3.67. The molecule has 4 heteroatoms. The van der Waals surface area contributed by atoms with Gasteiger partial charge in [-0.3, -0.25) is 4.18 Å². The van der Waals surface area contributed by atoms with E-state index in [-0.39, 0.29) is 0 Å². The Morgan fingerprint density at radius 2 is 0.861 bits per heavy atom. The molecule has 0 aliphatic carbocycles. The molecular formula is C32H58O3S. The second kappa shape index (κ2) is 21.1. The predicted molar refractivity (Wildman–Crippen MR) is 156 cm³/mol. The van der Waals surface area contributed by atoms with E-state index in [0.29, 0.717) is 4.90 Å². The third kappa shape index (κ3) is 14.8. The van der Waals surface area contributed by atoms with Crippen LogP contribution in [0.1, 0.15) is 159 Å². The number of unbranched alkanes of at least 4 members (excludes halogenated alkanes) is 18. The van der Waals surface area contributed by atoms with Gasteiger partial charge < -0.3 is 0 Å². The van der Waals surface area contributed by atoms with Crippen molar-refractivity contribution in [2.24, 2.45) is 0 Å². The van der Waals surface area contributed by atoms with Crippen LogP contribution in [-0.4, -0.2) is 15.5 Å². The van der Waals surface area contributed by atoms with Crippen molar-refractivity contribution in [3.8, 4) is 0 Å². The minimum atomic E-state index is -3.66. The van der Waals surface area contributed by atoms with Crippen molar-refractivity contribution >= 4 is 10.1 Å². The lowest BCUT2D eigenvalue weighted by atomic mass is 9.94. The fraction of sp³-hybridized carbons (Fsp3) is 0.812. The molecule has 0 amide bonds. The lowest BCUT2D eigenvalue weighted by Crippen LogP contribution is -2.07. The zero-order valence-corrected chi connectivity index (χ0v) is 25.2. The summed E-state index contributed by atoms with van der Waals surface area (Å²) >= 11 is 0. The first kappa shape index (κ1) is 33.2. The first-order valence-electron chi connectivity index (χ1n) is 15.4. The molecule has 0 heterocycles. The topological polar surface area (TPSA) is 43.4 Å². The third-order valence-electron chi connectivity index (χ3n) is 7.70. The highest BCUT2D eigenvalue weighted by atomic mass is 32.2. The van der Waals surface area contributed by atoms with Gasteiger partial charge in [-0.05, 0) is 61.4 Å². The molecule has 0 N–H and O–H groups in total. The number of hydrogen-bond donors (Lipinski definition) is 0. The largest absolute Gasteiger partial charge is 0.296 e. The quantitative estimate of drug-likeness (QED) is 0.100. The van der Waals surface area contributed by atoms with Gasteiger partial charge in [0, 0.05) is 0 Å². The summed E-state index contributed by atoms with van der Waals surface area (Å²) < 4.78 is 29.8. The van der Waals surface area contributed by atoms with E-state index in [2.05, 4.69) is 20.8 Å². The highest BCUT2D eigenvalue weighted by molar-refractivity contribution is 7.86. The lowest BCUT2D eigenvalue weighted by molar-refractivity contribution is 0.397. The summed E-state index contributed by atoms with van der Waals surface area (Å²) in [7, 11) is -2.40. The Hall–Kier alpha value is -0.870. The van der Waals surface area contributed by atoms with Crippen LogP contribution in [0.15, 0.2) is 17.0 Å². The maximum atomic E-state index is 12.5. The van der Waals surface area contributed by atoms with E-state index in [1.165, 1.54) is 139 Å². The van der Waals surface area contributed by atoms with Crippen LogP contribution in [0, 0.1) is 6.92 Å². The van der Waals surface area contributed by atoms with Crippen LogP contribution < -0.4 is 0 Å². The SMILES string of the molecule is CCCCCCCCCCCCc1cc(S(=O)(=O)OC)cc(CCCCCCCCCCCC)c1C. The van der Waals surface area contributed by atoms with Crippen molar-refractivity contribution in [3.05, 3.63) is 28.8 Å². The van der Waals surface area contributed by atoms with Crippen LogP contribution in [0.25, 0.3) is 0 Å². The average molecular weight is 523 g/mol. The Balaban J connectivity index is 2.48. The number of rotatable bonds is 24. The predicted octanol–water partition coefficient (Wildman–Crippen LogP) is 10.3. The molecule has 210 valence electrons. The van der Waals surface area contributed by atoms with E-state index in [1.54, 1.807) is 0 Å². The molecule has 0 atom stereocenters. The van der Waals surface area contributed by atoms with Crippen LogP contribution in [0.5, 0.6) is 0 Å². The van der Waals surface area contributed by atoms with Gasteiger partial charge >= 0.3 is 0 Å². The van der Waals surface area contributed by atoms with Crippen LogP contribution in [-0.2, 0) is 27.1 Å². The average Bonchev–Trinajstić information content (AvgIpc) is 2.87. The van der Waals surface area contributed by atoms with Gasteiger partial charge in [-0.15, -0.1) is 0 Å². The van der Waals surface area contributed by atoms with E-state index in [4.69, 9.17) is 4.18 Å². The number of hydrogen-bond acceptors (Lipinski definition) is 3. The zero-order valence-electron chi connectivity index (χ0n) is 24.3. The van der Waals surface area contributed by atoms with Crippen molar-refractivity contribution in [1.82, 2.24) is 0 Å². The Morgan fingerprint density at radius 1 is 0.556 bits per heavy atom. The van der Waals surface area contributed by atoms with E-state index in [9.17, 15) is 8.42 Å². The molecule has 0 aliphatic rings. The van der Waals surface area contributed by atoms with Gasteiger partial charge in [0.15, 0.2) is 0 Å². The van der Waals surface area contributed by atoms with Gasteiger partial charge in [0.1, 0.15) is 0 Å². The van der Waals surface area contributed by atoms with Crippen molar-refractivity contribution in [2.75, 3.05) is 7.11 Å². The van der Waals surface area contributed by atoms with Crippen LogP contribution in [0.2, 0.25) is 0 Å². The van der Waals surface area contributed by atoms with E-state index >= 15 is 0 Å². The molecule has 0 fully saturated rings. The van der Waals surface area contributed by atoms with Crippen molar-refractivity contribution in [3.63, 3.8) is 0 Å². The second-order valence-corrected chi connectivity index (χ2v) is 12.6. The maximum Gasteiger partial charge on any atom is 0.296 e.